The lowest BCUT2D eigenvalue weighted by molar-refractivity contribution is -0.0155. The molecule has 2 aromatic heterocycles. The second-order valence-electron chi connectivity index (χ2n) is 7.25. The van der Waals surface area contributed by atoms with Crippen LogP contribution < -0.4 is 0 Å². The first kappa shape index (κ1) is 14.4. The molecule has 0 amide bonds. The molecule has 1 fully saturated rings. The Morgan fingerprint density at radius 2 is 2.30 bits per heavy atom. The highest BCUT2D eigenvalue weighted by Gasteiger charge is 2.51. The van der Waals surface area contributed by atoms with Gasteiger partial charge in [-0.1, -0.05) is 19.9 Å². The van der Waals surface area contributed by atoms with E-state index in [1.54, 1.807) is 23.0 Å². The maximum absolute atomic E-state index is 12.5. The highest BCUT2D eigenvalue weighted by atomic mass is 16.5. The molecule has 3 aliphatic rings. The Bertz CT molecular complexity index is 819. The van der Waals surface area contributed by atoms with Crippen molar-refractivity contribution < 1.29 is 9.53 Å². The summed E-state index contributed by atoms with van der Waals surface area (Å²) in [5.41, 5.74) is 3.28. The summed E-state index contributed by atoms with van der Waals surface area (Å²) in [7, 11) is 0. The van der Waals surface area contributed by atoms with Crippen molar-refractivity contribution in [3.05, 3.63) is 41.4 Å². The van der Waals surface area contributed by atoms with E-state index in [4.69, 9.17) is 4.74 Å². The van der Waals surface area contributed by atoms with Crippen molar-refractivity contribution in [3.63, 3.8) is 0 Å². The Morgan fingerprint density at radius 3 is 3.04 bits per heavy atom. The van der Waals surface area contributed by atoms with Crippen LogP contribution in [0.2, 0.25) is 0 Å². The molecule has 23 heavy (non-hydrogen) atoms. The molecule has 0 radical (unpaired) electrons. The van der Waals surface area contributed by atoms with E-state index < -0.39 is 0 Å². The summed E-state index contributed by atoms with van der Waals surface area (Å²) in [5.74, 6) is 1.01. The second-order valence-corrected chi connectivity index (χ2v) is 7.25. The molecule has 5 rings (SSSR count). The lowest BCUT2D eigenvalue weighted by Gasteiger charge is -2.56. The third-order valence-corrected chi connectivity index (χ3v) is 5.73. The zero-order valence-corrected chi connectivity index (χ0v) is 13.7. The van der Waals surface area contributed by atoms with Crippen molar-refractivity contribution >= 4 is 11.6 Å². The van der Waals surface area contributed by atoms with Crippen LogP contribution in [-0.2, 0) is 4.74 Å². The highest BCUT2D eigenvalue weighted by molar-refractivity contribution is 5.97. The number of rotatable bonds is 3. The minimum absolute atomic E-state index is 0.337. The normalized spacial score (nSPS) is 24.9. The molecular weight excluding hydrogens is 290 g/mol. The molecule has 0 aromatic carbocycles. The maximum atomic E-state index is 12.5. The van der Waals surface area contributed by atoms with Crippen molar-refractivity contribution in [3.8, 4) is 0 Å². The first-order chi connectivity index (χ1) is 11.0. The van der Waals surface area contributed by atoms with E-state index in [1.807, 2.05) is 6.92 Å². The molecule has 0 unspecified atom stereocenters. The number of ether oxygens (including phenoxy) is 1. The molecule has 0 saturated heterocycles. The molecule has 120 valence electrons. The van der Waals surface area contributed by atoms with Crippen LogP contribution in [0, 0.1) is 24.2 Å². The van der Waals surface area contributed by atoms with E-state index in [0.29, 0.717) is 34.8 Å². The predicted octanol–water partition coefficient (Wildman–Crippen LogP) is 3.19. The van der Waals surface area contributed by atoms with Crippen LogP contribution in [0.4, 0.5) is 0 Å². The van der Waals surface area contributed by atoms with E-state index in [2.05, 4.69) is 30.0 Å². The van der Waals surface area contributed by atoms with Gasteiger partial charge in [-0.15, -0.1) is 0 Å². The number of hydrogen-bond acceptors (Lipinski definition) is 4. The van der Waals surface area contributed by atoms with Crippen LogP contribution in [0.15, 0.2) is 30.1 Å². The van der Waals surface area contributed by atoms with Crippen molar-refractivity contribution in [2.75, 3.05) is 6.61 Å². The Hall–Kier alpha value is -2.17. The number of hydrogen-bond donors (Lipinski definition) is 0. The lowest BCUT2D eigenvalue weighted by Crippen LogP contribution is -2.48. The first-order valence-electron chi connectivity index (χ1n) is 8.14. The average Bonchev–Trinajstić information content (AvgIpc) is 2.88. The molecule has 3 aliphatic carbocycles. The van der Waals surface area contributed by atoms with Gasteiger partial charge in [0.15, 0.2) is 5.65 Å². The van der Waals surface area contributed by atoms with Crippen LogP contribution in [0.1, 0.15) is 42.7 Å². The van der Waals surface area contributed by atoms with Gasteiger partial charge in [0, 0.05) is 12.4 Å². The van der Waals surface area contributed by atoms with Gasteiger partial charge >= 0.3 is 5.97 Å². The van der Waals surface area contributed by atoms with Gasteiger partial charge in [0.25, 0.3) is 0 Å². The summed E-state index contributed by atoms with van der Waals surface area (Å²) in [6.07, 6.45) is 8.04. The summed E-state index contributed by atoms with van der Waals surface area (Å²) in [4.78, 5) is 16.8. The van der Waals surface area contributed by atoms with E-state index in [-0.39, 0.29) is 5.97 Å². The summed E-state index contributed by atoms with van der Waals surface area (Å²) in [5, 5.41) is 4.31. The number of aryl methyl sites for hydroxylation is 1. The standard InChI is InChI=1S/C18H21N3O2/c1-11-15(16-19-7-4-8-21(16)20-11)17(22)23-10-12-5-6-13-9-14(12)18(13,2)3/h4-5,7-8,13-14H,6,9-10H2,1-3H3/t13-,14-/m0/s1. The molecule has 2 bridgehead atoms. The summed E-state index contributed by atoms with van der Waals surface area (Å²) in [6, 6.07) is 1.79. The molecule has 2 heterocycles. The smallest absolute Gasteiger partial charge is 0.344 e. The summed E-state index contributed by atoms with van der Waals surface area (Å²) in [6.45, 7) is 6.83. The van der Waals surface area contributed by atoms with Gasteiger partial charge in [-0.3, -0.25) is 0 Å². The number of esters is 1. The quantitative estimate of drug-likeness (QED) is 0.645. The largest absolute Gasteiger partial charge is 0.457 e. The van der Waals surface area contributed by atoms with Gasteiger partial charge in [-0.25, -0.2) is 14.3 Å². The van der Waals surface area contributed by atoms with E-state index >= 15 is 0 Å². The molecule has 5 nitrogen and oxygen atoms in total. The number of nitrogens with zero attached hydrogens (tertiary/aromatic N) is 3. The minimum Gasteiger partial charge on any atom is -0.457 e. The average molecular weight is 311 g/mol. The van der Waals surface area contributed by atoms with Crippen LogP contribution in [0.3, 0.4) is 0 Å². The van der Waals surface area contributed by atoms with Gasteiger partial charge in [-0.2, -0.15) is 5.10 Å². The molecule has 0 spiro atoms. The van der Waals surface area contributed by atoms with Gasteiger partial charge in [0.2, 0.25) is 0 Å². The van der Waals surface area contributed by atoms with E-state index in [0.717, 1.165) is 12.3 Å². The third-order valence-electron chi connectivity index (χ3n) is 5.73. The number of fused-ring (bicyclic) bond motifs is 2. The number of carbonyl (C=O) groups excluding carboxylic acids is 1. The molecule has 1 saturated carbocycles. The minimum atomic E-state index is -0.337. The van der Waals surface area contributed by atoms with Crippen LogP contribution in [-0.4, -0.2) is 27.2 Å². The zero-order valence-electron chi connectivity index (χ0n) is 13.7. The number of aromatic nitrogens is 3. The van der Waals surface area contributed by atoms with Crippen molar-refractivity contribution in [2.45, 2.75) is 33.6 Å². The zero-order chi connectivity index (χ0) is 16.2. The first-order valence-corrected chi connectivity index (χ1v) is 8.14. The van der Waals surface area contributed by atoms with Gasteiger partial charge < -0.3 is 4.74 Å². The third kappa shape index (κ3) is 2.10. The van der Waals surface area contributed by atoms with Crippen molar-refractivity contribution in [2.24, 2.45) is 17.3 Å². The summed E-state index contributed by atoms with van der Waals surface area (Å²) >= 11 is 0. The number of carbonyl (C=O) groups is 1. The van der Waals surface area contributed by atoms with E-state index in [9.17, 15) is 4.79 Å². The van der Waals surface area contributed by atoms with Crippen molar-refractivity contribution in [1.82, 2.24) is 14.6 Å². The van der Waals surface area contributed by atoms with Crippen molar-refractivity contribution in [1.29, 1.82) is 0 Å². The summed E-state index contributed by atoms with van der Waals surface area (Å²) < 4.78 is 7.22. The fourth-order valence-corrected chi connectivity index (χ4v) is 4.10. The Kier molecular flexibility index (Phi) is 3.08. The highest BCUT2D eigenvalue weighted by Crippen LogP contribution is 2.59. The molecule has 2 atom stereocenters. The Labute approximate surface area is 135 Å². The molecule has 2 aromatic rings. The molecule has 5 heteroatoms. The second kappa shape index (κ2) is 4.91. The topological polar surface area (TPSA) is 56.5 Å². The fourth-order valence-electron chi connectivity index (χ4n) is 4.10. The molecular formula is C18H21N3O2. The monoisotopic (exact) mass is 311 g/mol. The fraction of sp³-hybridized carbons (Fsp3) is 0.500. The van der Waals surface area contributed by atoms with Gasteiger partial charge in [0.1, 0.15) is 12.2 Å². The lowest BCUT2D eigenvalue weighted by atomic mass is 9.49. The molecule has 0 aliphatic heterocycles. The number of allylic oxidation sites excluding steroid dienone is 1. The predicted molar refractivity (Wildman–Crippen MR) is 86.1 cm³/mol. The van der Waals surface area contributed by atoms with Gasteiger partial charge in [-0.05, 0) is 48.7 Å². The SMILES string of the molecule is Cc1nn2cccnc2c1C(=O)OCC1=CC[C@H]2C[C@@H]1C2(C)C. The van der Waals surface area contributed by atoms with Crippen LogP contribution >= 0.6 is 0 Å². The van der Waals surface area contributed by atoms with Crippen LogP contribution in [0.5, 0.6) is 0 Å². The van der Waals surface area contributed by atoms with Crippen LogP contribution in [0.25, 0.3) is 5.65 Å². The maximum Gasteiger partial charge on any atom is 0.344 e. The molecule has 0 N–H and O–H groups in total. The Balaban J connectivity index is 1.52. The Morgan fingerprint density at radius 1 is 1.48 bits per heavy atom. The van der Waals surface area contributed by atoms with Gasteiger partial charge in [0.05, 0.1) is 5.69 Å². The van der Waals surface area contributed by atoms with E-state index in [1.165, 1.54) is 12.0 Å².